The molecule has 0 unspecified atom stereocenters. The summed E-state index contributed by atoms with van der Waals surface area (Å²) in [6, 6.07) is 9.68. The molecule has 0 bridgehead atoms. The Labute approximate surface area is 152 Å². The lowest BCUT2D eigenvalue weighted by atomic mass is 10.0. The number of rotatable bonds is 4. The van der Waals surface area contributed by atoms with Crippen molar-refractivity contribution in [3.8, 4) is 22.5 Å². The van der Waals surface area contributed by atoms with Crippen LogP contribution in [0, 0.1) is 11.6 Å². The molecule has 3 aromatic rings. The monoisotopic (exact) mass is 372 g/mol. The average molecular weight is 372 g/mol. The fraction of sp³-hybridized carbons (Fsp3) is 0.158. The van der Waals surface area contributed by atoms with Crippen LogP contribution in [0.3, 0.4) is 0 Å². The van der Waals surface area contributed by atoms with Gasteiger partial charge >= 0.3 is 5.97 Å². The van der Waals surface area contributed by atoms with Crippen LogP contribution in [0.15, 0.2) is 42.5 Å². The SMILES string of the molecule is O=C(O)c1cccc(F)c1-c1cc(-c2ccc(F)c(C3OCCO3)c2)[nH]n1. The summed E-state index contributed by atoms with van der Waals surface area (Å²) < 4.78 is 39.0. The van der Waals surface area contributed by atoms with Crippen molar-refractivity contribution in [3.05, 3.63) is 65.2 Å². The molecule has 0 amide bonds. The number of hydrogen-bond acceptors (Lipinski definition) is 4. The Kier molecular flexibility index (Phi) is 4.43. The predicted molar refractivity (Wildman–Crippen MR) is 91.0 cm³/mol. The van der Waals surface area contributed by atoms with Gasteiger partial charge in [-0.3, -0.25) is 5.10 Å². The summed E-state index contributed by atoms with van der Waals surface area (Å²) in [7, 11) is 0. The van der Waals surface area contributed by atoms with Crippen molar-refractivity contribution in [3.63, 3.8) is 0 Å². The maximum Gasteiger partial charge on any atom is 0.336 e. The fourth-order valence-electron chi connectivity index (χ4n) is 2.99. The molecule has 1 fully saturated rings. The Morgan fingerprint density at radius 2 is 1.89 bits per heavy atom. The number of ether oxygens (including phenoxy) is 2. The summed E-state index contributed by atoms with van der Waals surface area (Å²) in [6.07, 6.45) is -0.780. The second-order valence-electron chi connectivity index (χ2n) is 5.94. The van der Waals surface area contributed by atoms with Gasteiger partial charge in [-0.1, -0.05) is 6.07 Å². The lowest BCUT2D eigenvalue weighted by Gasteiger charge is -2.11. The third-order valence-corrected chi connectivity index (χ3v) is 4.26. The van der Waals surface area contributed by atoms with Gasteiger partial charge in [0.05, 0.1) is 35.7 Å². The topological polar surface area (TPSA) is 84.4 Å². The molecule has 0 radical (unpaired) electrons. The molecular weight excluding hydrogens is 358 g/mol. The number of aromatic amines is 1. The number of aromatic nitrogens is 2. The number of carboxylic acid groups (broad SMARTS) is 1. The molecule has 2 aromatic carbocycles. The van der Waals surface area contributed by atoms with Gasteiger partial charge in [0.2, 0.25) is 0 Å². The Morgan fingerprint density at radius 1 is 1.11 bits per heavy atom. The molecule has 138 valence electrons. The van der Waals surface area contributed by atoms with E-state index >= 15 is 0 Å². The molecule has 0 atom stereocenters. The maximum atomic E-state index is 14.2. The Hall–Kier alpha value is -3.10. The standard InChI is InChI=1S/C19H14F2N2O4/c20-13-5-4-10(8-12(13)19-26-6-7-27-19)15-9-16(23-22-15)17-11(18(24)25)2-1-3-14(17)21/h1-5,8-9,19H,6-7H2,(H,22,23)(H,24,25). The van der Waals surface area contributed by atoms with Crippen molar-refractivity contribution in [1.29, 1.82) is 0 Å². The number of nitrogens with one attached hydrogen (secondary N) is 1. The molecule has 0 spiro atoms. The molecule has 1 aliphatic rings. The van der Waals surface area contributed by atoms with Gasteiger partial charge in [0.15, 0.2) is 6.29 Å². The Bertz CT molecular complexity index is 1010. The lowest BCUT2D eigenvalue weighted by Crippen LogP contribution is -2.01. The number of carboxylic acids is 1. The van der Waals surface area contributed by atoms with Gasteiger partial charge in [0.25, 0.3) is 0 Å². The molecule has 1 saturated heterocycles. The zero-order chi connectivity index (χ0) is 19.0. The van der Waals surface area contributed by atoms with Gasteiger partial charge in [-0.25, -0.2) is 13.6 Å². The van der Waals surface area contributed by atoms with Crippen molar-refractivity contribution in [2.24, 2.45) is 0 Å². The first-order chi connectivity index (χ1) is 13.0. The third-order valence-electron chi connectivity index (χ3n) is 4.26. The average Bonchev–Trinajstić information content (AvgIpc) is 3.34. The van der Waals surface area contributed by atoms with Crippen LogP contribution in [0.4, 0.5) is 8.78 Å². The summed E-state index contributed by atoms with van der Waals surface area (Å²) in [4.78, 5) is 11.4. The van der Waals surface area contributed by atoms with Crippen molar-refractivity contribution < 1.29 is 28.2 Å². The van der Waals surface area contributed by atoms with E-state index in [0.29, 0.717) is 24.5 Å². The molecule has 0 aliphatic carbocycles. The van der Waals surface area contributed by atoms with Crippen LogP contribution in [0.1, 0.15) is 22.2 Å². The quantitative estimate of drug-likeness (QED) is 0.728. The fourth-order valence-corrected chi connectivity index (χ4v) is 2.99. The zero-order valence-electron chi connectivity index (χ0n) is 13.9. The molecule has 1 aliphatic heterocycles. The molecule has 2 heterocycles. The van der Waals surface area contributed by atoms with Crippen LogP contribution in [0.2, 0.25) is 0 Å². The molecule has 4 rings (SSSR count). The highest BCUT2D eigenvalue weighted by Gasteiger charge is 2.23. The van der Waals surface area contributed by atoms with E-state index in [1.54, 1.807) is 6.07 Å². The second-order valence-corrected chi connectivity index (χ2v) is 5.94. The summed E-state index contributed by atoms with van der Waals surface area (Å²) >= 11 is 0. The van der Waals surface area contributed by atoms with Gasteiger partial charge in [-0.2, -0.15) is 5.10 Å². The van der Waals surface area contributed by atoms with Crippen LogP contribution in [0.5, 0.6) is 0 Å². The second kappa shape index (κ2) is 6.90. The first kappa shape index (κ1) is 17.3. The van der Waals surface area contributed by atoms with E-state index in [0.717, 1.165) is 0 Å². The van der Waals surface area contributed by atoms with Crippen molar-refractivity contribution in [2.75, 3.05) is 13.2 Å². The summed E-state index contributed by atoms with van der Waals surface area (Å²) in [5.74, 6) is -2.41. The summed E-state index contributed by atoms with van der Waals surface area (Å²) in [5, 5.41) is 16.1. The van der Waals surface area contributed by atoms with Gasteiger partial charge in [-0.15, -0.1) is 0 Å². The van der Waals surface area contributed by atoms with Gasteiger partial charge < -0.3 is 14.6 Å². The molecule has 0 saturated carbocycles. The zero-order valence-corrected chi connectivity index (χ0v) is 13.9. The molecule has 1 aromatic heterocycles. The normalized spacial score (nSPS) is 14.6. The van der Waals surface area contributed by atoms with Crippen LogP contribution >= 0.6 is 0 Å². The summed E-state index contributed by atoms with van der Waals surface area (Å²) in [6.45, 7) is 0.765. The van der Waals surface area contributed by atoms with E-state index < -0.39 is 23.9 Å². The van der Waals surface area contributed by atoms with Crippen LogP contribution in [-0.2, 0) is 9.47 Å². The van der Waals surface area contributed by atoms with E-state index in [2.05, 4.69) is 10.2 Å². The molecule has 8 heteroatoms. The van der Waals surface area contributed by atoms with E-state index in [1.807, 2.05) is 0 Å². The van der Waals surface area contributed by atoms with E-state index in [9.17, 15) is 18.7 Å². The van der Waals surface area contributed by atoms with Crippen molar-refractivity contribution in [2.45, 2.75) is 6.29 Å². The number of carbonyl (C=O) groups is 1. The van der Waals surface area contributed by atoms with Crippen molar-refractivity contribution >= 4 is 5.97 Å². The minimum absolute atomic E-state index is 0.114. The summed E-state index contributed by atoms with van der Waals surface area (Å²) in [5.41, 5.74) is 1.14. The number of aromatic carboxylic acids is 1. The van der Waals surface area contributed by atoms with Gasteiger partial charge in [0, 0.05) is 11.1 Å². The minimum atomic E-state index is -1.26. The predicted octanol–water partition coefficient (Wildman–Crippen LogP) is 3.77. The van der Waals surface area contributed by atoms with E-state index in [-0.39, 0.29) is 22.4 Å². The number of nitrogens with zero attached hydrogens (tertiary/aromatic N) is 1. The highest BCUT2D eigenvalue weighted by atomic mass is 19.1. The van der Waals surface area contributed by atoms with Gasteiger partial charge in [0.1, 0.15) is 11.6 Å². The molecule has 2 N–H and O–H groups in total. The third kappa shape index (κ3) is 3.20. The number of hydrogen-bond donors (Lipinski definition) is 2. The Balaban J connectivity index is 1.74. The first-order valence-electron chi connectivity index (χ1n) is 8.15. The molecule has 6 nitrogen and oxygen atoms in total. The number of benzene rings is 2. The smallest absolute Gasteiger partial charge is 0.336 e. The van der Waals surface area contributed by atoms with E-state index in [4.69, 9.17) is 9.47 Å². The molecular formula is C19H14F2N2O4. The van der Waals surface area contributed by atoms with Crippen LogP contribution < -0.4 is 0 Å². The largest absolute Gasteiger partial charge is 0.478 e. The minimum Gasteiger partial charge on any atom is -0.478 e. The number of halogens is 2. The molecule has 27 heavy (non-hydrogen) atoms. The first-order valence-corrected chi connectivity index (χ1v) is 8.15. The lowest BCUT2D eigenvalue weighted by molar-refractivity contribution is -0.0464. The van der Waals surface area contributed by atoms with Crippen molar-refractivity contribution in [1.82, 2.24) is 10.2 Å². The highest BCUT2D eigenvalue weighted by molar-refractivity contribution is 5.95. The number of H-pyrrole nitrogens is 1. The van der Waals surface area contributed by atoms with Crippen LogP contribution in [0.25, 0.3) is 22.5 Å². The maximum absolute atomic E-state index is 14.2. The van der Waals surface area contributed by atoms with Crippen LogP contribution in [-0.4, -0.2) is 34.5 Å². The Morgan fingerprint density at radius 3 is 2.63 bits per heavy atom. The van der Waals surface area contributed by atoms with E-state index in [1.165, 1.54) is 36.4 Å². The highest BCUT2D eigenvalue weighted by Crippen LogP contribution is 2.32. The van der Waals surface area contributed by atoms with Gasteiger partial charge in [-0.05, 0) is 36.4 Å².